The van der Waals surface area contributed by atoms with Gasteiger partial charge in [-0.05, 0) is 30.5 Å². The summed E-state index contributed by atoms with van der Waals surface area (Å²) in [6, 6.07) is 5.28. The Kier molecular flexibility index (Phi) is 4.66. The van der Waals surface area contributed by atoms with Crippen LogP contribution in [0.3, 0.4) is 0 Å². The first-order valence-corrected chi connectivity index (χ1v) is 8.28. The van der Waals surface area contributed by atoms with Gasteiger partial charge in [0.2, 0.25) is 0 Å². The summed E-state index contributed by atoms with van der Waals surface area (Å²) >= 11 is 0. The summed E-state index contributed by atoms with van der Waals surface area (Å²) in [5.74, 6) is -0.989. The minimum atomic E-state index is -1.70. The molecule has 2 amide bonds. The molecule has 2 heterocycles. The van der Waals surface area contributed by atoms with Crippen LogP contribution in [0, 0.1) is 5.82 Å². The van der Waals surface area contributed by atoms with Gasteiger partial charge in [-0.15, -0.1) is 0 Å². The lowest BCUT2D eigenvalue weighted by atomic mass is 9.89. The zero-order valence-electron chi connectivity index (χ0n) is 13.6. The van der Waals surface area contributed by atoms with Crippen molar-refractivity contribution in [3.05, 3.63) is 35.6 Å². The molecule has 7 nitrogen and oxygen atoms in total. The maximum absolute atomic E-state index is 13.1. The molecule has 2 atom stereocenters. The average molecular weight is 352 g/mol. The maximum atomic E-state index is 13.1. The predicted molar refractivity (Wildman–Crippen MR) is 85.0 cm³/mol. The van der Waals surface area contributed by atoms with Crippen LogP contribution in [-0.4, -0.2) is 62.0 Å². The Balaban J connectivity index is 1.79. The molecule has 1 unspecified atom stereocenters. The lowest BCUT2D eigenvalue weighted by molar-refractivity contribution is -0.166. The molecule has 0 saturated carbocycles. The van der Waals surface area contributed by atoms with E-state index in [1.165, 1.54) is 17.0 Å². The number of halogens is 1. The number of likely N-dealkylation sites (tertiary alicyclic amines) is 2. The second-order valence-electron chi connectivity index (χ2n) is 6.64. The number of nitrogens with zero attached hydrogens (tertiary/aromatic N) is 2. The molecule has 3 N–H and O–H groups in total. The van der Waals surface area contributed by atoms with E-state index in [4.69, 9.17) is 5.11 Å². The van der Waals surface area contributed by atoms with E-state index in [9.17, 15) is 24.2 Å². The van der Waals surface area contributed by atoms with Gasteiger partial charge in [0.05, 0.1) is 6.04 Å². The third-order valence-electron chi connectivity index (χ3n) is 5.10. The molecule has 2 saturated heterocycles. The SMILES string of the molecule is O=C(O)N1CCC(O)(C(=O)N2C(O)CC[C@H]2c2ccc(F)cc2)CC1. The lowest BCUT2D eigenvalue weighted by Gasteiger charge is -2.40. The first kappa shape index (κ1) is 17.6. The standard InChI is InChI=1S/C17H21FN2O5/c18-12-3-1-11(2-4-12)13-5-6-14(21)20(13)15(22)17(25)7-9-19(10-8-17)16(23)24/h1-4,13-14,21,25H,5-10H2,(H,23,24)/t13-,14?/m0/s1. The van der Waals surface area contributed by atoms with Crippen molar-refractivity contribution in [3.8, 4) is 0 Å². The minimum Gasteiger partial charge on any atom is -0.465 e. The molecule has 8 heteroatoms. The van der Waals surface area contributed by atoms with Gasteiger partial charge in [0.1, 0.15) is 17.6 Å². The molecule has 0 radical (unpaired) electrons. The van der Waals surface area contributed by atoms with Gasteiger partial charge in [-0.25, -0.2) is 9.18 Å². The van der Waals surface area contributed by atoms with Gasteiger partial charge >= 0.3 is 6.09 Å². The van der Waals surface area contributed by atoms with E-state index in [0.717, 1.165) is 4.90 Å². The molecule has 1 aromatic carbocycles. The van der Waals surface area contributed by atoms with Crippen molar-refractivity contribution in [2.45, 2.75) is 43.6 Å². The Labute approximate surface area is 144 Å². The van der Waals surface area contributed by atoms with E-state index in [1.54, 1.807) is 12.1 Å². The summed E-state index contributed by atoms with van der Waals surface area (Å²) in [6.07, 6.45) is -1.26. The zero-order valence-corrected chi connectivity index (χ0v) is 13.6. The van der Waals surface area contributed by atoms with Crippen molar-refractivity contribution in [3.63, 3.8) is 0 Å². The smallest absolute Gasteiger partial charge is 0.407 e. The van der Waals surface area contributed by atoms with E-state index in [0.29, 0.717) is 18.4 Å². The number of carbonyl (C=O) groups is 2. The Morgan fingerprint density at radius 2 is 1.72 bits per heavy atom. The number of carbonyl (C=O) groups excluding carboxylic acids is 1. The van der Waals surface area contributed by atoms with Gasteiger partial charge < -0.3 is 25.1 Å². The molecule has 1 aromatic rings. The lowest BCUT2D eigenvalue weighted by Crippen LogP contribution is -2.56. The monoisotopic (exact) mass is 352 g/mol. The van der Waals surface area contributed by atoms with Gasteiger partial charge in [-0.1, -0.05) is 12.1 Å². The van der Waals surface area contributed by atoms with Crippen LogP contribution in [0.2, 0.25) is 0 Å². The Morgan fingerprint density at radius 1 is 1.12 bits per heavy atom. The topological polar surface area (TPSA) is 101 Å². The first-order valence-electron chi connectivity index (χ1n) is 8.28. The number of aliphatic hydroxyl groups is 2. The van der Waals surface area contributed by atoms with Crippen LogP contribution in [0.5, 0.6) is 0 Å². The van der Waals surface area contributed by atoms with Crippen LogP contribution in [-0.2, 0) is 4.79 Å². The fraction of sp³-hybridized carbons (Fsp3) is 0.529. The summed E-state index contributed by atoms with van der Waals surface area (Å²) in [4.78, 5) is 26.3. The number of piperidine rings is 1. The van der Waals surface area contributed by atoms with Gasteiger partial charge in [0, 0.05) is 25.9 Å². The number of benzene rings is 1. The number of rotatable bonds is 2. The van der Waals surface area contributed by atoms with Gasteiger partial charge in [0.15, 0.2) is 0 Å². The van der Waals surface area contributed by atoms with Gasteiger partial charge in [-0.2, -0.15) is 0 Å². The summed E-state index contributed by atoms with van der Waals surface area (Å²) in [6.45, 7) is 0.117. The fourth-order valence-electron chi connectivity index (χ4n) is 3.60. The summed E-state index contributed by atoms with van der Waals surface area (Å²) in [5.41, 5.74) is -1.01. The number of hydrogen-bond donors (Lipinski definition) is 3. The third-order valence-corrected chi connectivity index (χ3v) is 5.10. The molecule has 0 bridgehead atoms. The van der Waals surface area contributed by atoms with Crippen LogP contribution in [0.15, 0.2) is 24.3 Å². The largest absolute Gasteiger partial charge is 0.465 e. The number of amides is 2. The Hall–Kier alpha value is -2.19. The molecule has 25 heavy (non-hydrogen) atoms. The second-order valence-corrected chi connectivity index (χ2v) is 6.64. The molecular formula is C17H21FN2O5. The predicted octanol–water partition coefficient (Wildman–Crippen LogP) is 1.31. The van der Waals surface area contributed by atoms with Gasteiger partial charge in [0.25, 0.3) is 5.91 Å². The molecule has 2 aliphatic rings. The van der Waals surface area contributed by atoms with Crippen molar-refractivity contribution >= 4 is 12.0 Å². The van der Waals surface area contributed by atoms with Crippen LogP contribution in [0.4, 0.5) is 9.18 Å². The zero-order chi connectivity index (χ0) is 18.2. The highest BCUT2D eigenvalue weighted by molar-refractivity contribution is 5.86. The first-order chi connectivity index (χ1) is 11.8. The Bertz CT molecular complexity index is 658. The highest BCUT2D eigenvalue weighted by atomic mass is 19.1. The van der Waals surface area contributed by atoms with E-state index >= 15 is 0 Å². The van der Waals surface area contributed by atoms with Crippen LogP contribution in [0.1, 0.15) is 37.3 Å². The van der Waals surface area contributed by atoms with E-state index in [2.05, 4.69) is 0 Å². The molecule has 0 aromatic heterocycles. The van der Waals surface area contributed by atoms with Gasteiger partial charge in [-0.3, -0.25) is 4.79 Å². The molecular weight excluding hydrogens is 331 g/mol. The van der Waals surface area contributed by atoms with Crippen molar-refractivity contribution in [2.75, 3.05) is 13.1 Å². The molecule has 136 valence electrons. The van der Waals surface area contributed by atoms with Crippen LogP contribution < -0.4 is 0 Å². The molecule has 2 aliphatic heterocycles. The average Bonchev–Trinajstić information content (AvgIpc) is 2.96. The normalized spacial score (nSPS) is 25.9. The minimum absolute atomic E-state index is 0.0164. The van der Waals surface area contributed by atoms with E-state index in [1.807, 2.05) is 0 Å². The maximum Gasteiger partial charge on any atom is 0.407 e. The molecule has 3 rings (SSSR count). The number of hydrogen-bond acceptors (Lipinski definition) is 4. The van der Waals surface area contributed by atoms with Crippen molar-refractivity contribution in [1.82, 2.24) is 9.80 Å². The summed E-state index contributed by atoms with van der Waals surface area (Å²) in [7, 11) is 0. The fourth-order valence-corrected chi connectivity index (χ4v) is 3.60. The summed E-state index contributed by atoms with van der Waals surface area (Å²) < 4.78 is 13.1. The summed E-state index contributed by atoms with van der Waals surface area (Å²) in [5, 5.41) is 30.0. The Morgan fingerprint density at radius 3 is 2.28 bits per heavy atom. The molecule has 0 aliphatic carbocycles. The highest BCUT2D eigenvalue weighted by Crippen LogP contribution is 2.38. The van der Waals surface area contributed by atoms with E-state index in [-0.39, 0.29) is 31.7 Å². The number of carboxylic acid groups (broad SMARTS) is 1. The highest BCUT2D eigenvalue weighted by Gasteiger charge is 2.48. The van der Waals surface area contributed by atoms with Crippen LogP contribution in [0.25, 0.3) is 0 Å². The van der Waals surface area contributed by atoms with Crippen molar-refractivity contribution in [1.29, 1.82) is 0 Å². The third kappa shape index (κ3) is 3.32. The van der Waals surface area contributed by atoms with E-state index < -0.39 is 29.9 Å². The van der Waals surface area contributed by atoms with Crippen molar-refractivity contribution in [2.24, 2.45) is 0 Å². The molecule has 0 spiro atoms. The van der Waals surface area contributed by atoms with Crippen molar-refractivity contribution < 1.29 is 29.3 Å². The quantitative estimate of drug-likeness (QED) is 0.745. The van der Waals surface area contributed by atoms with Crippen LogP contribution >= 0.6 is 0 Å². The second kappa shape index (κ2) is 6.61. The molecule has 2 fully saturated rings. The number of aliphatic hydroxyl groups excluding tert-OH is 1.